The molecule has 1 unspecified atom stereocenters. The standard InChI is InChI=1S/C17H24N4O3/c1-12(22)15(18)17(7-3-2-4-8-17)11-20-10-14(23)21-9-5-6-13(21)16(19)24/h2-4,7,13,18,20H,5-6,8-11H2,1H3,(H2,19,24)/t13-,17?/m0/s1. The van der Waals surface area contributed by atoms with E-state index in [1.165, 1.54) is 11.8 Å². The van der Waals surface area contributed by atoms with Gasteiger partial charge in [0.1, 0.15) is 6.04 Å². The van der Waals surface area contributed by atoms with E-state index in [0.29, 0.717) is 25.9 Å². The van der Waals surface area contributed by atoms with Crippen molar-refractivity contribution in [3.8, 4) is 0 Å². The van der Waals surface area contributed by atoms with Crippen molar-refractivity contribution < 1.29 is 14.4 Å². The fourth-order valence-electron chi connectivity index (χ4n) is 3.28. The topological polar surface area (TPSA) is 116 Å². The number of nitrogens with one attached hydrogen (secondary N) is 2. The molecule has 0 radical (unpaired) electrons. The monoisotopic (exact) mass is 332 g/mol. The second-order valence-electron chi connectivity index (χ2n) is 6.33. The summed E-state index contributed by atoms with van der Waals surface area (Å²) in [5, 5.41) is 11.1. The van der Waals surface area contributed by atoms with Gasteiger partial charge in [-0.1, -0.05) is 24.3 Å². The predicted octanol–water partition coefficient (Wildman–Crippen LogP) is 0.164. The minimum atomic E-state index is -0.727. The van der Waals surface area contributed by atoms with Gasteiger partial charge in [0.15, 0.2) is 5.78 Å². The number of amides is 2. The highest BCUT2D eigenvalue weighted by Crippen LogP contribution is 2.29. The lowest BCUT2D eigenvalue weighted by Gasteiger charge is -2.31. The molecule has 0 spiro atoms. The van der Waals surface area contributed by atoms with Crippen molar-refractivity contribution in [3.05, 3.63) is 24.3 Å². The van der Waals surface area contributed by atoms with Crippen molar-refractivity contribution in [2.24, 2.45) is 11.1 Å². The van der Waals surface area contributed by atoms with E-state index in [-0.39, 0.29) is 23.9 Å². The minimum Gasteiger partial charge on any atom is -0.368 e. The molecular weight excluding hydrogens is 308 g/mol. The zero-order valence-corrected chi connectivity index (χ0v) is 13.9. The number of nitrogens with zero attached hydrogens (tertiary/aromatic N) is 1. The van der Waals surface area contributed by atoms with Gasteiger partial charge < -0.3 is 21.4 Å². The summed E-state index contributed by atoms with van der Waals surface area (Å²) in [6, 6.07) is -0.527. The fraction of sp³-hybridized carbons (Fsp3) is 0.529. The number of hydrogen-bond donors (Lipinski definition) is 3. The van der Waals surface area contributed by atoms with Crippen molar-refractivity contribution in [2.75, 3.05) is 19.6 Å². The Balaban J connectivity index is 1.96. The first-order valence-corrected chi connectivity index (χ1v) is 8.11. The molecular formula is C17H24N4O3. The molecule has 130 valence electrons. The fourth-order valence-corrected chi connectivity index (χ4v) is 3.28. The maximum absolute atomic E-state index is 12.3. The molecule has 7 nitrogen and oxygen atoms in total. The molecule has 2 aliphatic rings. The number of primary amides is 1. The van der Waals surface area contributed by atoms with Gasteiger partial charge in [-0.25, -0.2) is 0 Å². The highest BCUT2D eigenvalue weighted by atomic mass is 16.2. The first-order chi connectivity index (χ1) is 11.4. The number of rotatable bonds is 7. The van der Waals surface area contributed by atoms with Gasteiger partial charge >= 0.3 is 0 Å². The quantitative estimate of drug-likeness (QED) is 0.576. The molecule has 1 aliphatic heterocycles. The molecule has 0 aromatic rings. The molecule has 4 N–H and O–H groups in total. The largest absolute Gasteiger partial charge is 0.368 e. The Morgan fingerprint density at radius 1 is 1.38 bits per heavy atom. The lowest BCUT2D eigenvalue weighted by molar-refractivity contribution is -0.136. The Morgan fingerprint density at radius 2 is 2.12 bits per heavy atom. The van der Waals surface area contributed by atoms with E-state index >= 15 is 0 Å². The smallest absolute Gasteiger partial charge is 0.240 e. The van der Waals surface area contributed by atoms with Crippen LogP contribution < -0.4 is 11.1 Å². The molecule has 0 bridgehead atoms. The maximum Gasteiger partial charge on any atom is 0.240 e. The number of allylic oxidation sites excluding steroid dienone is 3. The second kappa shape index (κ2) is 7.53. The van der Waals surface area contributed by atoms with Crippen LogP contribution in [0.4, 0.5) is 0 Å². The van der Waals surface area contributed by atoms with E-state index in [0.717, 1.165) is 6.42 Å². The van der Waals surface area contributed by atoms with Gasteiger partial charge in [-0.05, 0) is 19.3 Å². The van der Waals surface area contributed by atoms with Gasteiger partial charge in [0.25, 0.3) is 0 Å². The number of hydrogen-bond acceptors (Lipinski definition) is 5. The molecule has 2 rings (SSSR count). The zero-order valence-electron chi connectivity index (χ0n) is 13.9. The van der Waals surface area contributed by atoms with E-state index in [2.05, 4.69) is 5.32 Å². The molecule has 2 atom stereocenters. The number of carbonyl (C=O) groups is 3. The van der Waals surface area contributed by atoms with Gasteiger partial charge in [-0.15, -0.1) is 0 Å². The van der Waals surface area contributed by atoms with Gasteiger partial charge in [0, 0.05) is 25.4 Å². The van der Waals surface area contributed by atoms with E-state index in [9.17, 15) is 14.4 Å². The van der Waals surface area contributed by atoms with Crippen molar-refractivity contribution in [1.82, 2.24) is 10.2 Å². The van der Waals surface area contributed by atoms with Crippen LogP contribution in [0.25, 0.3) is 0 Å². The van der Waals surface area contributed by atoms with Crippen LogP contribution in [0.2, 0.25) is 0 Å². The summed E-state index contributed by atoms with van der Waals surface area (Å²) in [6.45, 7) is 2.27. The number of carbonyl (C=O) groups excluding carboxylic acids is 3. The van der Waals surface area contributed by atoms with Gasteiger partial charge in [-0.2, -0.15) is 0 Å². The van der Waals surface area contributed by atoms with Crippen LogP contribution in [-0.2, 0) is 14.4 Å². The van der Waals surface area contributed by atoms with Crippen LogP contribution in [0, 0.1) is 10.8 Å². The van der Waals surface area contributed by atoms with E-state index < -0.39 is 17.4 Å². The SMILES string of the molecule is CC(=O)C(=N)C1(CNCC(=O)N2CCC[C@H]2C(N)=O)C=CC=CC1. The van der Waals surface area contributed by atoms with Gasteiger partial charge in [-0.3, -0.25) is 14.4 Å². The summed E-state index contributed by atoms with van der Waals surface area (Å²) < 4.78 is 0. The normalized spacial score (nSPS) is 25.7. The molecule has 1 saturated heterocycles. The maximum atomic E-state index is 12.3. The van der Waals surface area contributed by atoms with Crippen LogP contribution in [0.15, 0.2) is 24.3 Å². The summed E-state index contributed by atoms with van der Waals surface area (Å²) in [4.78, 5) is 36.8. The molecule has 0 aromatic heterocycles. The third kappa shape index (κ3) is 3.79. The molecule has 1 heterocycles. The summed E-state index contributed by atoms with van der Waals surface area (Å²) in [7, 11) is 0. The Labute approximate surface area is 141 Å². The second-order valence-corrected chi connectivity index (χ2v) is 6.33. The number of nitrogens with two attached hydrogens (primary N) is 1. The third-order valence-electron chi connectivity index (χ3n) is 4.61. The lowest BCUT2D eigenvalue weighted by atomic mass is 9.76. The van der Waals surface area contributed by atoms with Crippen molar-refractivity contribution in [2.45, 2.75) is 32.2 Å². The zero-order chi connectivity index (χ0) is 17.7. The average molecular weight is 332 g/mol. The highest BCUT2D eigenvalue weighted by molar-refractivity contribution is 6.40. The minimum absolute atomic E-state index is 0.0271. The molecule has 7 heteroatoms. The Hall–Kier alpha value is -2.28. The summed E-state index contributed by atoms with van der Waals surface area (Å²) in [6.07, 6.45) is 9.34. The van der Waals surface area contributed by atoms with Crippen molar-refractivity contribution in [3.63, 3.8) is 0 Å². The molecule has 2 amide bonds. The summed E-state index contributed by atoms with van der Waals surface area (Å²) >= 11 is 0. The molecule has 1 fully saturated rings. The summed E-state index contributed by atoms with van der Waals surface area (Å²) in [5.74, 6) is -0.941. The lowest BCUT2D eigenvalue weighted by Crippen LogP contribution is -2.49. The Kier molecular flexibility index (Phi) is 5.66. The predicted molar refractivity (Wildman–Crippen MR) is 90.5 cm³/mol. The van der Waals surface area contributed by atoms with E-state index in [4.69, 9.17) is 11.1 Å². The average Bonchev–Trinajstić information content (AvgIpc) is 3.04. The summed E-state index contributed by atoms with van der Waals surface area (Å²) in [5.41, 5.74) is 4.63. The Morgan fingerprint density at radius 3 is 2.71 bits per heavy atom. The molecule has 24 heavy (non-hydrogen) atoms. The van der Waals surface area contributed by atoms with E-state index in [1.54, 1.807) is 0 Å². The van der Waals surface area contributed by atoms with Crippen LogP contribution in [-0.4, -0.2) is 53.9 Å². The van der Waals surface area contributed by atoms with Crippen LogP contribution in [0.5, 0.6) is 0 Å². The number of likely N-dealkylation sites (tertiary alicyclic amines) is 1. The van der Waals surface area contributed by atoms with Crippen molar-refractivity contribution >= 4 is 23.3 Å². The Bertz CT molecular complexity index is 611. The number of Topliss-reactive ketones (excluding diaryl/α,β-unsaturated/α-hetero) is 1. The molecule has 1 aliphatic carbocycles. The van der Waals surface area contributed by atoms with Crippen LogP contribution >= 0.6 is 0 Å². The molecule has 0 saturated carbocycles. The first kappa shape index (κ1) is 18.1. The van der Waals surface area contributed by atoms with Crippen LogP contribution in [0.3, 0.4) is 0 Å². The highest BCUT2D eigenvalue weighted by Gasteiger charge is 2.36. The van der Waals surface area contributed by atoms with E-state index in [1.807, 2.05) is 24.3 Å². The van der Waals surface area contributed by atoms with Gasteiger partial charge in [0.2, 0.25) is 11.8 Å². The van der Waals surface area contributed by atoms with Gasteiger partial charge in [0.05, 0.1) is 12.3 Å². The van der Waals surface area contributed by atoms with Crippen molar-refractivity contribution in [1.29, 1.82) is 5.41 Å². The first-order valence-electron chi connectivity index (χ1n) is 8.11. The number of ketones is 1. The third-order valence-corrected chi connectivity index (χ3v) is 4.61. The molecule has 0 aromatic carbocycles. The van der Waals surface area contributed by atoms with Crippen LogP contribution in [0.1, 0.15) is 26.2 Å².